The van der Waals surface area contributed by atoms with Gasteiger partial charge in [-0.15, -0.1) is 0 Å². The first-order valence-electron chi connectivity index (χ1n) is 5.60. The van der Waals surface area contributed by atoms with Gasteiger partial charge in [-0.3, -0.25) is 0 Å². The predicted octanol–water partition coefficient (Wildman–Crippen LogP) is 4.04. The zero-order valence-corrected chi connectivity index (χ0v) is 13.5. The van der Waals surface area contributed by atoms with Gasteiger partial charge >= 0.3 is 0 Å². The lowest BCUT2D eigenvalue weighted by Gasteiger charge is -2.37. The fourth-order valence-corrected chi connectivity index (χ4v) is 13.4. The van der Waals surface area contributed by atoms with Gasteiger partial charge in [0.1, 0.15) is 0 Å². The average molecular weight is 273 g/mol. The van der Waals surface area contributed by atoms with Crippen molar-refractivity contribution in [3.8, 4) is 0 Å². The van der Waals surface area contributed by atoms with Crippen molar-refractivity contribution < 1.29 is 4.80 Å². The Kier molecular flexibility index (Phi) is 4.06. The van der Waals surface area contributed by atoms with Crippen LogP contribution in [0.1, 0.15) is 10.7 Å². The van der Waals surface area contributed by atoms with Gasteiger partial charge in [0.25, 0.3) is 0 Å². The lowest BCUT2D eigenvalue weighted by atomic mass is 10.2. The Labute approximate surface area is 106 Å². The molecule has 0 aliphatic carbocycles. The highest BCUT2D eigenvalue weighted by molar-refractivity contribution is 6.93. The molecule has 0 aliphatic rings. The highest BCUT2D eigenvalue weighted by Gasteiger charge is 2.41. The fraction of sp³-hybridized carbons (Fsp3) is 0.500. The second kappa shape index (κ2) is 4.65. The van der Waals surface area contributed by atoms with Crippen molar-refractivity contribution in [3.63, 3.8) is 0 Å². The normalized spacial score (nSPS) is 14.9. The van der Waals surface area contributed by atoms with E-state index in [9.17, 15) is 4.80 Å². The van der Waals surface area contributed by atoms with Crippen molar-refractivity contribution in [2.24, 2.45) is 0 Å². The maximum Gasteiger partial charge on any atom is 0.187 e. The van der Waals surface area contributed by atoms with Crippen LogP contribution in [0.5, 0.6) is 0 Å². The van der Waals surface area contributed by atoms with E-state index in [0.717, 1.165) is 5.02 Å². The molecule has 1 rings (SSSR count). The van der Waals surface area contributed by atoms with Gasteiger partial charge in [-0.2, -0.15) is 0 Å². The van der Waals surface area contributed by atoms with E-state index in [0.29, 0.717) is 5.16 Å². The number of halogens is 1. The van der Waals surface area contributed by atoms with Gasteiger partial charge in [-0.1, -0.05) is 43.4 Å². The zero-order chi connectivity index (χ0) is 12.6. The summed E-state index contributed by atoms with van der Waals surface area (Å²) in [6, 6.07) is 7.97. The van der Waals surface area contributed by atoms with Gasteiger partial charge in [0.15, 0.2) is 8.32 Å². The molecule has 1 N–H and O–H groups in total. The van der Waals surface area contributed by atoms with E-state index in [1.54, 1.807) is 0 Å². The average Bonchev–Trinajstić information content (AvgIpc) is 2.03. The summed E-state index contributed by atoms with van der Waals surface area (Å²) in [4.78, 5) is 10.5. The highest BCUT2D eigenvalue weighted by Crippen LogP contribution is 2.34. The quantitative estimate of drug-likeness (QED) is 0.824. The Balaban J connectivity index is 3.18. The van der Waals surface area contributed by atoms with E-state index in [4.69, 9.17) is 11.6 Å². The van der Waals surface area contributed by atoms with Gasteiger partial charge in [-0.05, 0) is 36.0 Å². The standard InChI is InChI=1S/C12H21ClOSi2/c1-15(2,3)12(16(4,5)14)10-6-8-11(13)9-7-10/h6-9,12,14H,1-5H3. The lowest BCUT2D eigenvalue weighted by molar-refractivity contribution is 0.543. The molecule has 0 aromatic heterocycles. The Morgan fingerprint density at radius 2 is 1.44 bits per heavy atom. The Morgan fingerprint density at radius 3 is 1.75 bits per heavy atom. The summed E-state index contributed by atoms with van der Waals surface area (Å²) in [6.07, 6.45) is 0. The van der Waals surface area contributed by atoms with E-state index in [1.807, 2.05) is 25.2 Å². The third-order valence-corrected chi connectivity index (χ3v) is 11.6. The molecule has 0 bridgehead atoms. The molecule has 0 saturated carbocycles. The summed E-state index contributed by atoms with van der Waals surface area (Å²) >= 11 is 5.91. The molecule has 1 aromatic rings. The van der Waals surface area contributed by atoms with E-state index in [1.165, 1.54) is 5.56 Å². The van der Waals surface area contributed by atoms with Crippen LogP contribution in [-0.4, -0.2) is 21.2 Å². The second-order valence-corrected chi connectivity index (χ2v) is 16.2. The van der Waals surface area contributed by atoms with E-state index in [-0.39, 0.29) is 0 Å². The second-order valence-electron chi connectivity index (χ2n) is 6.00. The van der Waals surface area contributed by atoms with Crippen LogP contribution in [0.2, 0.25) is 37.8 Å². The van der Waals surface area contributed by atoms with Crippen LogP contribution in [0, 0.1) is 0 Å². The molecule has 1 aromatic carbocycles. The Hall–Kier alpha value is -0.0962. The van der Waals surface area contributed by atoms with E-state index in [2.05, 4.69) is 31.8 Å². The Bertz CT molecular complexity index is 335. The molecule has 90 valence electrons. The van der Waals surface area contributed by atoms with Gasteiger partial charge in [0.05, 0.1) is 8.07 Å². The number of hydrogen-bond donors (Lipinski definition) is 1. The molecule has 0 fully saturated rings. The third-order valence-electron chi connectivity index (χ3n) is 2.78. The smallest absolute Gasteiger partial charge is 0.187 e. The van der Waals surface area contributed by atoms with Crippen molar-refractivity contribution >= 4 is 28.0 Å². The van der Waals surface area contributed by atoms with Crippen LogP contribution in [-0.2, 0) is 0 Å². The summed E-state index contributed by atoms with van der Waals surface area (Å²) < 4.78 is 0. The zero-order valence-electron chi connectivity index (χ0n) is 10.7. The van der Waals surface area contributed by atoms with Crippen LogP contribution < -0.4 is 0 Å². The van der Waals surface area contributed by atoms with Crippen LogP contribution in [0.15, 0.2) is 24.3 Å². The molecule has 0 radical (unpaired) electrons. The molecule has 1 unspecified atom stereocenters. The molecule has 1 atom stereocenters. The molecule has 0 heterocycles. The molecular formula is C12H21ClOSi2. The first kappa shape index (κ1) is 14.0. The van der Waals surface area contributed by atoms with Crippen molar-refractivity contribution in [1.82, 2.24) is 0 Å². The monoisotopic (exact) mass is 272 g/mol. The topological polar surface area (TPSA) is 20.2 Å². The summed E-state index contributed by atoms with van der Waals surface area (Å²) in [5.41, 5.74) is 1.25. The molecular weight excluding hydrogens is 252 g/mol. The van der Waals surface area contributed by atoms with Gasteiger partial charge in [0, 0.05) is 5.02 Å². The lowest BCUT2D eigenvalue weighted by Crippen LogP contribution is -2.48. The minimum atomic E-state index is -2.16. The summed E-state index contributed by atoms with van der Waals surface area (Å²) in [5.74, 6) is 0. The van der Waals surface area contributed by atoms with Gasteiger partial charge in [0.2, 0.25) is 0 Å². The highest BCUT2D eigenvalue weighted by atomic mass is 35.5. The third kappa shape index (κ3) is 3.45. The van der Waals surface area contributed by atoms with Crippen LogP contribution in [0.4, 0.5) is 0 Å². The minimum absolute atomic E-state index is 0.359. The number of benzene rings is 1. The largest absolute Gasteiger partial charge is 0.432 e. The van der Waals surface area contributed by atoms with Crippen molar-refractivity contribution in [3.05, 3.63) is 34.9 Å². The number of rotatable bonds is 3. The molecule has 0 amide bonds. The molecule has 0 saturated heterocycles. The maximum absolute atomic E-state index is 10.5. The van der Waals surface area contributed by atoms with E-state index < -0.39 is 16.4 Å². The molecule has 0 spiro atoms. The SMILES string of the molecule is C[Si](C)(C)C(c1ccc(Cl)cc1)[Si](C)(C)O. The minimum Gasteiger partial charge on any atom is -0.432 e. The summed E-state index contributed by atoms with van der Waals surface area (Å²) in [6.45, 7) is 11.0. The molecule has 16 heavy (non-hydrogen) atoms. The molecule has 0 aliphatic heterocycles. The van der Waals surface area contributed by atoms with Crippen molar-refractivity contribution in [2.75, 3.05) is 0 Å². The number of hydrogen-bond acceptors (Lipinski definition) is 1. The van der Waals surface area contributed by atoms with E-state index >= 15 is 0 Å². The van der Waals surface area contributed by atoms with Crippen LogP contribution in [0.3, 0.4) is 0 Å². The fourth-order valence-electron chi connectivity index (χ4n) is 2.62. The van der Waals surface area contributed by atoms with Crippen LogP contribution in [0.25, 0.3) is 0 Å². The summed E-state index contributed by atoms with van der Waals surface area (Å²) in [5, 5.41) is 1.12. The molecule has 1 nitrogen and oxygen atoms in total. The maximum atomic E-state index is 10.5. The van der Waals surface area contributed by atoms with Crippen LogP contribution >= 0.6 is 11.6 Å². The van der Waals surface area contributed by atoms with Gasteiger partial charge in [-0.25, -0.2) is 0 Å². The van der Waals surface area contributed by atoms with Crippen molar-refractivity contribution in [1.29, 1.82) is 0 Å². The molecule has 4 heteroatoms. The first-order valence-corrected chi connectivity index (χ1v) is 12.6. The van der Waals surface area contributed by atoms with Gasteiger partial charge < -0.3 is 4.80 Å². The Morgan fingerprint density at radius 1 is 1.00 bits per heavy atom. The first-order chi connectivity index (χ1) is 7.12. The van der Waals surface area contributed by atoms with Crippen molar-refractivity contribution in [2.45, 2.75) is 37.9 Å². The summed E-state index contributed by atoms with van der Waals surface area (Å²) in [7, 11) is -3.57. The predicted molar refractivity (Wildman–Crippen MR) is 77.2 cm³/mol.